The van der Waals surface area contributed by atoms with Crippen molar-refractivity contribution in [3.05, 3.63) is 66.9 Å². The van der Waals surface area contributed by atoms with E-state index in [1.807, 2.05) is 81.6 Å². The van der Waals surface area contributed by atoms with E-state index in [1.54, 1.807) is 12.0 Å². The lowest BCUT2D eigenvalue weighted by Crippen LogP contribution is -2.50. The van der Waals surface area contributed by atoms with Gasteiger partial charge in [-0.05, 0) is 63.2 Å². The molecule has 2 aromatic carbocycles. The quantitative estimate of drug-likeness (QED) is 0.372. The number of methoxy groups -OCH3 is 1. The summed E-state index contributed by atoms with van der Waals surface area (Å²) in [5.74, 6) is 1.41. The van der Waals surface area contributed by atoms with E-state index in [-0.39, 0.29) is 6.09 Å². The van der Waals surface area contributed by atoms with Crippen molar-refractivity contribution in [1.29, 1.82) is 0 Å². The number of aromatic nitrogens is 3. The van der Waals surface area contributed by atoms with E-state index in [0.717, 1.165) is 39.2 Å². The Morgan fingerprint density at radius 3 is 2.22 bits per heavy atom. The molecule has 1 aliphatic rings. The van der Waals surface area contributed by atoms with Crippen molar-refractivity contribution >= 4 is 22.9 Å². The van der Waals surface area contributed by atoms with Crippen LogP contribution in [0.15, 0.2) is 66.9 Å². The molecule has 1 aliphatic heterocycles. The van der Waals surface area contributed by atoms with E-state index in [2.05, 4.69) is 16.0 Å². The number of para-hydroxylation sites is 1. The molecule has 1 amide bonds. The highest BCUT2D eigenvalue weighted by molar-refractivity contribution is 5.83. The Morgan fingerprint density at radius 2 is 1.54 bits per heavy atom. The van der Waals surface area contributed by atoms with Gasteiger partial charge < -0.3 is 19.3 Å². The molecule has 0 atom stereocenters. The average Bonchev–Trinajstić information content (AvgIpc) is 2.91. The molecular weight excluding hydrogens is 466 g/mol. The SMILES string of the molecule is COc1ccc(-c2cc(-c3cnc4ccccc4c3)nc(N3CCN(C(=O)OC(C)(C)C)CC3)n2)cc1. The van der Waals surface area contributed by atoms with Crippen LogP contribution in [0.1, 0.15) is 20.8 Å². The second-order valence-corrected chi connectivity index (χ2v) is 10.0. The Labute approximate surface area is 216 Å². The molecule has 0 spiro atoms. The Hall–Kier alpha value is -4.20. The van der Waals surface area contributed by atoms with Gasteiger partial charge >= 0.3 is 6.09 Å². The van der Waals surface area contributed by atoms with Crippen LogP contribution in [0, 0.1) is 0 Å². The zero-order valence-corrected chi connectivity index (χ0v) is 21.6. The normalized spacial score (nSPS) is 14.1. The summed E-state index contributed by atoms with van der Waals surface area (Å²) in [5.41, 5.74) is 3.91. The van der Waals surface area contributed by atoms with Gasteiger partial charge in [-0.3, -0.25) is 4.98 Å². The fourth-order valence-corrected chi connectivity index (χ4v) is 4.26. The number of fused-ring (bicyclic) bond motifs is 1. The molecule has 5 rings (SSSR count). The van der Waals surface area contributed by atoms with Crippen LogP contribution in [-0.4, -0.2) is 64.8 Å². The van der Waals surface area contributed by atoms with Crippen molar-refractivity contribution in [3.8, 4) is 28.3 Å². The zero-order valence-electron chi connectivity index (χ0n) is 21.6. The lowest BCUT2D eigenvalue weighted by molar-refractivity contribution is 0.0240. The third-order valence-electron chi connectivity index (χ3n) is 6.20. The number of carbonyl (C=O) groups is 1. The minimum absolute atomic E-state index is 0.289. The van der Waals surface area contributed by atoms with Gasteiger partial charge in [-0.1, -0.05) is 18.2 Å². The third kappa shape index (κ3) is 5.63. The summed E-state index contributed by atoms with van der Waals surface area (Å²) in [7, 11) is 1.65. The summed E-state index contributed by atoms with van der Waals surface area (Å²) in [4.78, 5) is 30.9. The molecule has 37 heavy (non-hydrogen) atoms. The predicted octanol–water partition coefficient (Wildman–Crippen LogP) is 5.42. The highest BCUT2D eigenvalue weighted by Crippen LogP contribution is 2.29. The number of ether oxygens (including phenoxy) is 2. The van der Waals surface area contributed by atoms with Crippen LogP contribution in [0.2, 0.25) is 0 Å². The Kier molecular flexibility index (Phi) is 6.65. The van der Waals surface area contributed by atoms with Crippen molar-refractivity contribution in [1.82, 2.24) is 19.9 Å². The van der Waals surface area contributed by atoms with Crippen LogP contribution in [0.4, 0.5) is 10.7 Å². The lowest BCUT2D eigenvalue weighted by atomic mass is 10.1. The number of benzene rings is 2. The summed E-state index contributed by atoms with van der Waals surface area (Å²) in [6, 6.07) is 20.0. The van der Waals surface area contributed by atoms with Crippen LogP contribution >= 0.6 is 0 Å². The fraction of sp³-hybridized carbons (Fsp3) is 0.310. The van der Waals surface area contributed by atoms with Gasteiger partial charge in [0.05, 0.1) is 24.0 Å². The van der Waals surface area contributed by atoms with E-state index in [4.69, 9.17) is 19.4 Å². The van der Waals surface area contributed by atoms with Gasteiger partial charge in [-0.15, -0.1) is 0 Å². The van der Waals surface area contributed by atoms with Crippen LogP contribution in [-0.2, 0) is 4.74 Å². The summed E-state index contributed by atoms with van der Waals surface area (Å²) in [6.07, 6.45) is 1.56. The van der Waals surface area contributed by atoms with Crippen LogP contribution in [0.5, 0.6) is 5.75 Å². The monoisotopic (exact) mass is 497 g/mol. The minimum atomic E-state index is -0.521. The van der Waals surface area contributed by atoms with Crippen LogP contribution < -0.4 is 9.64 Å². The molecule has 0 N–H and O–H groups in total. The first-order valence-corrected chi connectivity index (χ1v) is 12.4. The molecule has 2 aromatic heterocycles. The minimum Gasteiger partial charge on any atom is -0.497 e. The number of piperazine rings is 1. The molecule has 4 aromatic rings. The molecule has 0 unspecified atom stereocenters. The van der Waals surface area contributed by atoms with E-state index >= 15 is 0 Å². The molecule has 0 bridgehead atoms. The second-order valence-electron chi connectivity index (χ2n) is 10.0. The molecule has 8 heteroatoms. The maximum atomic E-state index is 12.5. The number of hydrogen-bond acceptors (Lipinski definition) is 7. The number of carbonyl (C=O) groups excluding carboxylic acids is 1. The summed E-state index contributed by atoms with van der Waals surface area (Å²) >= 11 is 0. The van der Waals surface area contributed by atoms with E-state index in [9.17, 15) is 4.79 Å². The zero-order chi connectivity index (χ0) is 26.0. The second kappa shape index (κ2) is 10.0. The van der Waals surface area contributed by atoms with Crippen LogP contribution in [0.25, 0.3) is 33.4 Å². The molecular formula is C29H31N5O3. The van der Waals surface area contributed by atoms with Gasteiger partial charge in [0.25, 0.3) is 0 Å². The van der Waals surface area contributed by atoms with E-state index in [0.29, 0.717) is 32.1 Å². The van der Waals surface area contributed by atoms with Gasteiger partial charge in [0.2, 0.25) is 5.95 Å². The number of nitrogens with zero attached hydrogens (tertiary/aromatic N) is 5. The van der Waals surface area contributed by atoms with E-state index in [1.165, 1.54) is 0 Å². The standard InChI is InChI=1S/C29H31N5O3/c1-29(2,3)37-28(35)34-15-13-33(14-16-34)27-31-25(20-9-11-23(36-4)12-10-20)18-26(32-27)22-17-21-7-5-6-8-24(21)30-19-22/h5-12,17-19H,13-16H2,1-4H3. The highest BCUT2D eigenvalue weighted by atomic mass is 16.6. The summed E-state index contributed by atoms with van der Waals surface area (Å²) < 4.78 is 10.9. The first-order valence-electron chi connectivity index (χ1n) is 12.4. The first kappa shape index (κ1) is 24.5. The van der Waals surface area contributed by atoms with Gasteiger partial charge in [0.15, 0.2) is 0 Å². The topological polar surface area (TPSA) is 80.7 Å². The third-order valence-corrected chi connectivity index (χ3v) is 6.20. The molecule has 3 heterocycles. The maximum Gasteiger partial charge on any atom is 0.410 e. The summed E-state index contributed by atoms with van der Waals surface area (Å²) in [5, 5.41) is 1.05. The van der Waals surface area contributed by atoms with Gasteiger partial charge in [-0.25, -0.2) is 14.8 Å². The number of amides is 1. The Balaban J connectivity index is 1.47. The molecule has 190 valence electrons. The number of pyridine rings is 1. The van der Waals surface area contributed by atoms with Crippen molar-refractivity contribution < 1.29 is 14.3 Å². The fourth-order valence-electron chi connectivity index (χ4n) is 4.26. The maximum absolute atomic E-state index is 12.5. The number of anilines is 1. The highest BCUT2D eigenvalue weighted by Gasteiger charge is 2.27. The number of hydrogen-bond donors (Lipinski definition) is 0. The number of rotatable bonds is 4. The molecule has 1 fully saturated rings. The molecule has 0 radical (unpaired) electrons. The van der Waals surface area contributed by atoms with Gasteiger partial charge in [-0.2, -0.15) is 0 Å². The molecule has 0 aliphatic carbocycles. The first-order chi connectivity index (χ1) is 17.8. The lowest BCUT2D eigenvalue weighted by Gasteiger charge is -2.35. The van der Waals surface area contributed by atoms with Crippen LogP contribution in [0.3, 0.4) is 0 Å². The Bertz CT molecular complexity index is 1410. The smallest absolute Gasteiger partial charge is 0.410 e. The van der Waals surface area contributed by atoms with Crippen molar-refractivity contribution in [2.75, 3.05) is 38.2 Å². The Morgan fingerprint density at radius 1 is 0.865 bits per heavy atom. The molecule has 8 nitrogen and oxygen atoms in total. The van der Waals surface area contributed by atoms with Gasteiger partial charge in [0.1, 0.15) is 11.4 Å². The van der Waals surface area contributed by atoms with Crippen molar-refractivity contribution in [2.24, 2.45) is 0 Å². The summed E-state index contributed by atoms with van der Waals surface area (Å²) in [6.45, 7) is 7.94. The van der Waals surface area contributed by atoms with Crippen molar-refractivity contribution in [2.45, 2.75) is 26.4 Å². The van der Waals surface area contributed by atoms with Crippen molar-refractivity contribution in [3.63, 3.8) is 0 Å². The predicted molar refractivity (Wildman–Crippen MR) is 145 cm³/mol. The van der Waals surface area contributed by atoms with E-state index < -0.39 is 5.60 Å². The van der Waals surface area contributed by atoms with Gasteiger partial charge in [0, 0.05) is 48.9 Å². The molecule has 0 saturated carbocycles. The largest absolute Gasteiger partial charge is 0.497 e. The molecule has 1 saturated heterocycles. The average molecular weight is 498 g/mol.